The molecule has 3 aromatic carbocycles. The summed E-state index contributed by atoms with van der Waals surface area (Å²) in [5.74, 6) is -0.297. The van der Waals surface area contributed by atoms with Crippen LogP contribution in [-0.2, 0) is 0 Å². The molecule has 2 aromatic heterocycles. The van der Waals surface area contributed by atoms with Crippen LogP contribution in [0.4, 0.5) is 5.69 Å². The Morgan fingerprint density at radius 1 is 0.972 bits per heavy atom. The number of rotatable bonds is 4. The summed E-state index contributed by atoms with van der Waals surface area (Å²) >= 11 is 5.55. The third-order valence-corrected chi connectivity index (χ3v) is 6.79. The van der Waals surface area contributed by atoms with Crippen molar-refractivity contribution in [3.8, 4) is 11.4 Å². The molecule has 1 amide bonds. The third-order valence-electron chi connectivity index (χ3n) is 6.51. The smallest absolute Gasteiger partial charge is 0.266 e. The predicted molar refractivity (Wildman–Crippen MR) is 145 cm³/mol. The number of benzene rings is 3. The average molecular weight is 496 g/mol. The van der Waals surface area contributed by atoms with Crippen molar-refractivity contribution in [1.82, 2.24) is 19.3 Å². The van der Waals surface area contributed by atoms with Gasteiger partial charge in [0.05, 0.1) is 39.4 Å². The molecule has 0 bridgehead atoms. The Kier molecular flexibility index (Phi) is 5.89. The Labute approximate surface area is 213 Å². The van der Waals surface area contributed by atoms with Crippen LogP contribution in [0, 0.1) is 32.5 Å². The summed E-state index contributed by atoms with van der Waals surface area (Å²) in [6.45, 7) is 7.73. The van der Waals surface area contributed by atoms with Gasteiger partial charge < -0.3 is 10.3 Å². The van der Waals surface area contributed by atoms with E-state index >= 15 is 0 Å². The Morgan fingerprint density at radius 3 is 2.47 bits per heavy atom. The van der Waals surface area contributed by atoms with Gasteiger partial charge in [0.2, 0.25) is 0 Å². The zero-order valence-corrected chi connectivity index (χ0v) is 21.2. The molecule has 0 saturated heterocycles. The molecule has 7 nitrogen and oxygen atoms in total. The molecular formula is C28H25N5O2S. The summed E-state index contributed by atoms with van der Waals surface area (Å²) in [5.41, 5.74) is 6.58. The molecule has 2 heterocycles. The van der Waals surface area contributed by atoms with Gasteiger partial charge in [0.1, 0.15) is 0 Å². The van der Waals surface area contributed by atoms with Crippen molar-refractivity contribution in [2.45, 2.75) is 27.7 Å². The van der Waals surface area contributed by atoms with Gasteiger partial charge >= 0.3 is 0 Å². The molecule has 0 aliphatic rings. The Hall–Kier alpha value is -4.30. The highest BCUT2D eigenvalue weighted by Crippen LogP contribution is 2.24. The minimum atomic E-state index is -0.297. The number of hydrogen-bond acceptors (Lipinski definition) is 4. The molecule has 5 rings (SSSR count). The lowest BCUT2D eigenvalue weighted by atomic mass is 10.1. The van der Waals surface area contributed by atoms with E-state index in [1.807, 2.05) is 76.2 Å². The Morgan fingerprint density at radius 2 is 1.72 bits per heavy atom. The second kappa shape index (κ2) is 9.05. The highest BCUT2D eigenvalue weighted by molar-refractivity contribution is 7.71. The maximum absolute atomic E-state index is 13.4. The largest absolute Gasteiger partial charge is 0.331 e. The lowest BCUT2D eigenvalue weighted by Crippen LogP contribution is -2.22. The van der Waals surface area contributed by atoms with Gasteiger partial charge in [-0.05, 0) is 87.4 Å². The molecular weight excluding hydrogens is 470 g/mol. The van der Waals surface area contributed by atoms with Gasteiger partial charge in [-0.2, -0.15) is 5.10 Å². The normalized spacial score (nSPS) is 11.1. The highest BCUT2D eigenvalue weighted by Gasteiger charge is 2.18. The number of aromatic amines is 1. The van der Waals surface area contributed by atoms with E-state index in [0.29, 0.717) is 27.8 Å². The van der Waals surface area contributed by atoms with Crippen molar-refractivity contribution in [1.29, 1.82) is 0 Å². The summed E-state index contributed by atoms with van der Waals surface area (Å²) in [6, 6.07) is 20.5. The number of anilines is 1. The van der Waals surface area contributed by atoms with Crippen LogP contribution in [-0.4, -0.2) is 25.2 Å². The van der Waals surface area contributed by atoms with Crippen LogP contribution in [0.1, 0.15) is 32.9 Å². The average Bonchev–Trinajstić information content (AvgIpc) is 3.15. The summed E-state index contributed by atoms with van der Waals surface area (Å²) in [5, 5.41) is 8.02. The number of amides is 1. The van der Waals surface area contributed by atoms with Crippen molar-refractivity contribution in [2.75, 3.05) is 5.32 Å². The predicted octanol–water partition coefficient (Wildman–Crippen LogP) is 5.72. The van der Waals surface area contributed by atoms with Crippen molar-refractivity contribution in [2.24, 2.45) is 0 Å². The molecule has 180 valence electrons. The molecule has 0 saturated carbocycles. The van der Waals surface area contributed by atoms with E-state index < -0.39 is 0 Å². The molecule has 5 aromatic rings. The summed E-state index contributed by atoms with van der Waals surface area (Å²) < 4.78 is 3.58. The van der Waals surface area contributed by atoms with Crippen molar-refractivity contribution in [3.63, 3.8) is 0 Å². The molecule has 2 N–H and O–H groups in total. The SMILES string of the molecule is Cc1cccc(-n2c(=S)[nH]c3cc(C(=O)Nc4c(C)nn(-c5ccccc5)c4C)ccc3c2=O)c1C. The molecule has 0 unspecified atom stereocenters. The molecule has 0 aliphatic heterocycles. The highest BCUT2D eigenvalue weighted by atomic mass is 32.1. The third kappa shape index (κ3) is 3.95. The lowest BCUT2D eigenvalue weighted by Gasteiger charge is -2.13. The number of carbonyl (C=O) groups excluding carboxylic acids is 1. The van der Waals surface area contributed by atoms with E-state index in [9.17, 15) is 9.59 Å². The quantitative estimate of drug-likeness (QED) is 0.312. The van der Waals surface area contributed by atoms with E-state index in [0.717, 1.165) is 28.2 Å². The van der Waals surface area contributed by atoms with Crippen LogP contribution < -0.4 is 10.9 Å². The maximum Gasteiger partial charge on any atom is 0.266 e. The van der Waals surface area contributed by atoms with Crippen molar-refractivity contribution >= 4 is 34.7 Å². The van der Waals surface area contributed by atoms with Gasteiger partial charge in [-0.25, -0.2) is 4.68 Å². The number of nitrogens with one attached hydrogen (secondary N) is 2. The number of para-hydroxylation sites is 1. The van der Waals surface area contributed by atoms with Crippen LogP contribution in [0.3, 0.4) is 0 Å². The summed E-state index contributed by atoms with van der Waals surface area (Å²) in [4.78, 5) is 29.7. The van der Waals surface area contributed by atoms with Gasteiger partial charge in [-0.3, -0.25) is 14.2 Å². The van der Waals surface area contributed by atoms with E-state index in [4.69, 9.17) is 12.2 Å². The Bertz CT molecular complexity index is 1760. The monoisotopic (exact) mass is 495 g/mol. The number of aryl methyl sites for hydroxylation is 2. The first kappa shape index (κ1) is 23.4. The number of fused-ring (bicyclic) bond motifs is 1. The van der Waals surface area contributed by atoms with Crippen LogP contribution in [0.2, 0.25) is 0 Å². The molecule has 0 fully saturated rings. The van der Waals surface area contributed by atoms with Crippen LogP contribution in [0.5, 0.6) is 0 Å². The summed E-state index contributed by atoms with van der Waals surface area (Å²) in [6.07, 6.45) is 0. The van der Waals surface area contributed by atoms with Gasteiger partial charge in [-0.1, -0.05) is 30.3 Å². The van der Waals surface area contributed by atoms with Gasteiger partial charge in [0.25, 0.3) is 11.5 Å². The Balaban J connectivity index is 1.52. The zero-order chi connectivity index (χ0) is 25.6. The fraction of sp³-hybridized carbons (Fsp3) is 0.143. The van der Waals surface area contributed by atoms with Crippen LogP contribution >= 0.6 is 12.2 Å². The number of aromatic nitrogens is 4. The minimum absolute atomic E-state index is 0.231. The fourth-order valence-electron chi connectivity index (χ4n) is 4.39. The van der Waals surface area contributed by atoms with Crippen LogP contribution in [0.25, 0.3) is 22.3 Å². The molecule has 8 heteroatoms. The van der Waals surface area contributed by atoms with E-state index in [-0.39, 0.29) is 16.2 Å². The van der Waals surface area contributed by atoms with Gasteiger partial charge in [-0.15, -0.1) is 0 Å². The van der Waals surface area contributed by atoms with Crippen LogP contribution in [0.15, 0.2) is 71.5 Å². The van der Waals surface area contributed by atoms with E-state index in [1.165, 1.54) is 4.57 Å². The molecule has 0 radical (unpaired) electrons. The first-order chi connectivity index (χ1) is 17.3. The molecule has 0 aliphatic carbocycles. The van der Waals surface area contributed by atoms with E-state index in [2.05, 4.69) is 15.4 Å². The fourth-order valence-corrected chi connectivity index (χ4v) is 4.68. The van der Waals surface area contributed by atoms with Gasteiger partial charge in [0.15, 0.2) is 4.77 Å². The number of H-pyrrole nitrogens is 1. The number of hydrogen-bond donors (Lipinski definition) is 2. The van der Waals surface area contributed by atoms with Gasteiger partial charge in [0, 0.05) is 5.56 Å². The first-order valence-electron chi connectivity index (χ1n) is 11.5. The maximum atomic E-state index is 13.4. The molecule has 0 spiro atoms. The van der Waals surface area contributed by atoms with E-state index in [1.54, 1.807) is 22.9 Å². The second-order valence-corrected chi connectivity index (χ2v) is 9.18. The standard InChI is InChI=1S/C28H25N5O2S/c1-16-9-8-12-24(17(16)2)32-27(35)22-14-13-20(15-23(22)29-28(32)36)26(34)30-25-18(3)31-33(19(25)4)21-10-6-5-7-11-21/h5-15H,1-4H3,(H,29,36)(H,30,34). The second-order valence-electron chi connectivity index (χ2n) is 8.80. The lowest BCUT2D eigenvalue weighted by molar-refractivity contribution is 0.102. The zero-order valence-electron chi connectivity index (χ0n) is 20.4. The first-order valence-corrected chi connectivity index (χ1v) is 12.0. The topological polar surface area (TPSA) is 84.7 Å². The minimum Gasteiger partial charge on any atom is -0.331 e. The summed E-state index contributed by atoms with van der Waals surface area (Å²) in [7, 11) is 0. The number of carbonyl (C=O) groups is 1. The molecule has 36 heavy (non-hydrogen) atoms. The molecule has 0 atom stereocenters. The van der Waals surface area contributed by atoms with Crippen molar-refractivity contribution < 1.29 is 4.79 Å². The number of nitrogens with zero attached hydrogens (tertiary/aromatic N) is 3. The van der Waals surface area contributed by atoms with Crippen molar-refractivity contribution in [3.05, 3.63) is 110 Å².